The molecule has 0 bridgehead atoms. The maximum absolute atomic E-state index is 12.9. The van der Waals surface area contributed by atoms with Crippen molar-refractivity contribution in [1.29, 1.82) is 0 Å². The minimum atomic E-state index is -4.91. The zero-order chi connectivity index (χ0) is 61.0. The van der Waals surface area contributed by atoms with Gasteiger partial charge in [0.25, 0.3) is 0 Å². The van der Waals surface area contributed by atoms with Crippen LogP contribution in [0, 0.1) is 0 Å². The fraction of sp³-hybridized carbons (Fsp3) is 0.831. The molecule has 18 heteroatoms. The fourth-order valence-electron chi connectivity index (χ4n) is 9.03. The maximum Gasteiger partial charge on any atom is 0.472 e. The van der Waals surface area contributed by atoms with E-state index in [0.717, 1.165) is 96.3 Å². The summed E-state index contributed by atoms with van der Waals surface area (Å²) < 4.78 is 60.8. The lowest BCUT2D eigenvalue weighted by Gasteiger charge is -2.21. The van der Waals surface area contributed by atoms with Crippen LogP contribution in [0.2, 0.25) is 0 Å². The van der Waals surface area contributed by atoms with Crippen LogP contribution in [0.4, 0.5) is 0 Å². The molecule has 0 rings (SSSR count). The number of esters is 3. The van der Waals surface area contributed by atoms with E-state index in [1.54, 1.807) is 0 Å². The average molecular weight is 1220 g/mol. The van der Waals surface area contributed by atoms with E-state index in [2.05, 4.69) is 69.4 Å². The monoisotopic (exact) mass is 1220 g/mol. The molecular formula is C65H120O16P2. The van der Waals surface area contributed by atoms with E-state index in [9.17, 15) is 43.5 Å². The van der Waals surface area contributed by atoms with Crippen LogP contribution in [0.5, 0.6) is 0 Å². The molecule has 0 saturated heterocycles. The summed E-state index contributed by atoms with van der Waals surface area (Å²) in [7, 11) is -9.76. The smallest absolute Gasteiger partial charge is 0.463 e. The predicted octanol–water partition coefficient (Wildman–Crippen LogP) is 17.6. The third-order valence-electron chi connectivity index (χ3n) is 14.1. The third-order valence-corrected chi connectivity index (χ3v) is 16.0. The Labute approximate surface area is 504 Å². The van der Waals surface area contributed by atoms with Gasteiger partial charge in [0.1, 0.15) is 25.4 Å². The summed E-state index contributed by atoms with van der Waals surface area (Å²) in [5, 5.41) is 20.5. The number of carbonyl (C=O) groups excluding carboxylic acids is 3. The molecule has 0 spiro atoms. The van der Waals surface area contributed by atoms with Gasteiger partial charge in [0.2, 0.25) is 0 Å². The highest BCUT2D eigenvalue weighted by Gasteiger charge is 2.29. The molecule has 0 amide bonds. The van der Waals surface area contributed by atoms with Crippen molar-refractivity contribution in [1.82, 2.24) is 0 Å². The average Bonchev–Trinajstić information content (AvgIpc) is 3.47. The Hall–Kier alpha value is -2.49. The number of aliphatic hydroxyl groups excluding tert-OH is 2. The van der Waals surface area contributed by atoms with E-state index in [1.807, 2.05) is 0 Å². The quantitative estimate of drug-likeness (QED) is 0.0146. The molecule has 4 N–H and O–H groups in total. The standard InChI is InChI=1S/C65H120O16P2/c1-4-7-10-13-16-19-22-25-28-29-32-34-36-39-42-45-48-51-63(68)75-54-60(66)55-77-82(71,72)78-56-61(67)57-79-83(73,74)80-59-62(81-65(70)53-50-47-44-41-38-35-31-27-24-21-18-15-12-9-6-3)58-76-64(69)52-49-46-43-40-37-33-30-26-23-20-17-14-11-8-5-2/h7,10,16,19,25,28,32,34,60-62,66-67H,4-6,8-9,11-15,17-18,20-24,26-27,29-31,33,35-59H2,1-3H3,(H,71,72)(H,73,74)/b10-7-,19-16-,28-25-,34-32-. The van der Waals surface area contributed by atoms with Gasteiger partial charge in [-0.3, -0.25) is 32.5 Å². The molecule has 83 heavy (non-hydrogen) atoms. The minimum absolute atomic E-state index is 0.113. The Bertz CT molecular complexity index is 1720. The van der Waals surface area contributed by atoms with Gasteiger partial charge < -0.3 is 34.2 Å². The summed E-state index contributed by atoms with van der Waals surface area (Å²) >= 11 is 0. The van der Waals surface area contributed by atoms with E-state index in [0.29, 0.717) is 19.3 Å². The first-order chi connectivity index (χ1) is 40.2. The first kappa shape index (κ1) is 80.5. The number of unbranched alkanes of at least 4 members (excludes halogenated alkanes) is 32. The van der Waals surface area contributed by atoms with Crippen LogP contribution >= 0.6 is 15.6 Å². The summed E-state index contributed by atoms with van der Waals surface area (Å²) in [4.78, 5) is 58.3. The van der Waals surface area contributed by atoms with Crippen molar-refractivity contribution in [2.24, 2.45) is 0 Å². The summed E-state index contributed by atoms with van der Waals surface area (Å²) in [6.07, 6.45) is 57.3. The number of carbonyl (C=O) groups is 3. The van der Waals surface area contributed by atoms with Gasteiger partial charge in [0.15, 0.2) is 6.10 Å². The normalized spacial score (nSPS) is 14.6. The minimum Gasteiger partial charge on any atom is -0.463 e. The molecule has 0 saturated carbocycles. The molecule has 0 aromatic rings. The molecule has 0 aliphatic carbocycles. The van der Waals surface area contributed by atoms with E-state index in [-0.39, 0.29) is 19.3 Å². The lowest BCUT2D eigenvalue weighted by Crippen LogP contribution is -2.30. The number of rotatable bonds is 63. The highest BCUT2D eigenvalue weighted by molar-refractivity contribution is 7.47. The Balaban J connectivity index is 4.67. The van der Waals surface area contributed by atoms with E-state index < -0.39 is 91.5 Å². The van der Waals surface area contributed by atoms with Crippen molar-refractivity contribution < 1.29 is 75.8 Å². The van der Waals surface area contributed by atoms with Crippen molar-refractivity contribution in [3.63, 3.8) is 0 Å². The first-order valence-corrected chi connectivity index (χ1v) is 35.9. The molecular weight excluding hydrogens is 1100 g/mol. The highest BCUT2D eigenvalue weighted by Crippen LogP contribution is 2.45. The number of hydrogen-bond acceptors (Lipinski definition) is 14. The van der Waals surface area contributed by atoms with Crippen molar-refractivity contribution in [2.75, 3.05) is 39.6 Å². The largest absolute Gasteiger partial charge is 0.472 e. The highest BCUT2D eigenvalue weighted by atomic mass is 31.2. The zero-order valence-corrected chi connectivity index (χ0v) is 54.2. The number of aliphatic hydroxyl groups is 2. The van der Waals surface area contributed by atoms with Crippen LogP contribution in [0.3, 0.4) is 0 Å². The second-order valence-electron chi connectivity index (χ2n) is 22.3. The molecule has 0 aromatic carbocycles. The predicted molar refractivity (Wildman–Crippen MR) is 335 cm³/mol. The number of ether oxygens (including phenoxy) is 3. The topological polar surface area (TPSA) is 231 Å². The molecule has 0 fully saturated rings. The van der Waals surface area contributed by atoms with Crippen molar-refractivity contribution in [2.45, 2.75) is 309 Å². The molecule has 16 nitrogen and oxygen atoms in total. The van der Waals surface area contributed by atoms with E-state index in [4.69, 9.17) is 32.3 Å². The maximum atomic E-state index is 12.9. The number of phosphoric ester groups is 2. The molecule has 5 atom stereocenters. The lowest BCUT2D eigenvalue weighted by atomic mass is 10.0. The number of phosphoric acid groups is 2. The summed E-state index contributed by atoms with van der Waals surface area (Å²) in [6.45, 7) is 2.57. The summed E-state index contributed by atoms with van der Waals surface area (Å²) in [6, 6.07) is 0. The van der Waals surface area contributed by atoms with Gasteiger partial charge in [-0.25, -0.2) is 9.13 Å². The van der Waals surface area contributed by atoms with Crippen molar-refractivity contribution in [3.05, 3.63) is 48.6 Å². The Morgan fingerprint density at radius 1 is 0.349 bits per heavy atom. The molecule has 0 heterocycles. The molecule has 0 aliphatic heterocycles. The number of allylic oxidation sites excluding steroid dienone is 8. The SMILES string of the molecule is CC/C=C\C/C=C\C/C=C\C/C=C\CCCCCCC(=O)OCC(O)COP(=O)(O)OCC(O)COP(=O)(O)OCC(COC(=O)CCCCCCCCCCCCCCCCC)OC(=O)CCCCCCCCCCCCCCCCC. The Kier molecular flexibility index (Phi) is 58.0. The van der Waals surface area contributed by atoms with Crippen molar-refractivity contribution >= 4 is 33.6 Å². The zero-order valence-electron chi connectivity index (χ0n) is 52.4. The van der Waals surface area contributed by atoms with Gasteiger partial charge in [-0.05, 0) is 57.8 Å². The fourth-order valence-corrected chi connectivity index (χ4v) is 10.6. The van der Waals surface area contributed by atoms with E-state index >= 15 is 0 Å². The van der Waals surface area contributed by atoms with Crippen LogP contribution in [-0.4, -0.2) is 95.9 Å². The summed E-state index contributed by atoms with van der Waals surface area (Å²) in [5.41, 5.74) is 0. The Morgan fingerprint density at radius 3 is 1.01 bits per heavy atom. The molecule has 5 unspecified atom stereocenters. The number of hydrogen-bond donors (Lipinski definition) is 4. The van der Waals surface area contributed by atoms with Gasteiger partial charge in [0, 0.05) is 19.3 Å². The lowest BCUT2D eigenvalue weighted by molar-refractivity contribution is -0.161. The van der Waals surface area contributed by atoms with Crippen LogP contribution < -0.4 is 0 Å². The van der Waals surface area contributed by atoms with E-state index in [1.165, 1.54) is 135 Å². The van der Waals surface area contributed by atoms with Gasteiger partial charge in [0.05, 0.1) is 26.4 Å². The first-order valence-electron chi connectivity index (χ1n) is 32.9. The van der Waals surface area contributed by atoms with Gasteiger partial charge in [-0.2, -0.15) is 0 Å². The summed E-state index contributed by atoms with van der Waals surface area (Å²) in [5.74, 6) is -1.58. The second-order valence-corrected chi connectivity index (χ2v) is 25.2. The Morgan fingerprint density at radius 2 is 0.639 bits per heavy atom. The van der Waals surface area contributed by atoms with Gasteiger partial charge in [-0.1, -0.05) is 262 Å². The van der Waals surface area contributed by atoms with Crippen LogP contribution in [-0.2, 0) is 55.8 Å². The van der Waals surface area contributed by atoms with Crippen LogP contribution in [0.15, 0.2) is 48.6 Å². The molecule has 486 valence electrons. The second kappa shape index (κ2) is 59.8. The molecule has 0 aliphatic rings. The molecule has 0 aromatic heterocycles. The third kappa shape index (κ3) is 61.0. The van der Waals surface area contributed by atoms with Crippen LogP contribution in [0.25, 0.3) is 0 Å². The van der Waals surface area contributed by atoms with Gasteiger partial charge in [-0.15, -0.1) is 0 Å². The van der Waals surface area contributed by atoms with Crippen LogP contribution in [0.1, 0.15) is 290 Å². The molecule has 0 radical (unpaired) electrons. The van der Waals surface area contributed by atoms with Gasteiger partial charge >= 0.3 is 33.6 Å². The van der Waals surface area contributed by atoms with Crippen molar-refractivity contribution in [3.8, 4) is 0 Å².